The van der Waals surface area contributed by atoms with E-state index >= 15 is 0 Å². The maximum Gasteiger partial charge on any atom is 0.222 e. The van der Waals surface area contributed by atoms with Crippen molar-refractivity contribution in [3.8, 4) is 0 Å². The molecule has 1 N–H and O–H groups in total. The normalized spacial score (nSPS) is 19.7. The van der Waals surface area contributed by atoms with Crippen molar-refractivity contribution in [2.24, 2.45) is 0 Å². The third-order valence-corrected chi connectivity index (χ3v) is 2.86. The lowest BCUT2D eigenvalue weighted by Crippen LogP contribution is -2.34. The Hall–Kier alpha value is -0.610. The van der Waals surface area contributed by atoms with Crippen LogP contribution in [0.1, 0.15) is 26.2 Å². The second-order valence-electron chi connectivity index (χ2n) is 4.07. The van der Waals surface area contributed by atoms with E-state index in [1.807, 2.05) is 11.8 Å². The quantitative estimate of drug-likeness (QED) is 0.746. The van der Waals surface area contributed by atoms with E-state index in [-0.39, 0.29) is 12.0 Å². The Kier molecular flexibility index (Phi) is 5.65. The van der Waals surface area contributed by atoms with Gasteiger partial charge in [0.25, 0.3) is 0 Å². The minimum absolute atomic E-state index is 0.180. The van der Waals surface area contributed by atoms with Gasteiger partial charge in [-0.05, 0) is 26.3 Å². The second-order valence-corrected chi connectivity index (χ2v) is 4.07. The van der Waals surface area contributed by atoms with Crippen molar-refractivity contribution in [3.63, 3.8) is 0 Å². The summed E-state index contributed by atoms with van der Waals surface area (Å²) >= 11 is 0. The van der Waals surface area contributed by atoms with Crippen molar-refractivity contribution < 1.29 is 9.53 Å². The molecule has 0 bridgehead atoms. The average molecular weight is 214 g/mol. The highest BCUT2D eigenvalue weighted by Crippen LogP contribution is 2.05. The molecule has 0 aromatic rings. The van der Waals surface area contributed by atoms with Crippen LogP contribution in [0.4, 0.5) is 0 Å². The van der Waals surface area contributed by atoms with Crippen molar-refractivity contribution >= 4 is 5.91 Å². The molecule has 1 unspecified atom stereocenters. The topological polar surface area (TPSA) is 41.6 Å². The Bertz CT molecular complexity index is 189. The number of carbonyl (C=O) groups excluding carboxylic acids is 1. The fourth-order valence-electron chi connectivity index (χ4n) is 1.70. The average Bonchev–Trinajstić information content (AvgIpc) is 2.53. The summed E-state index contributed by atoms with van der Waals surface area (Å²) in [5.74, 6) is 0.266. The Morgan fingerprint density at radius 3 is 3.00 bits per heavy atom. The van der Waals surface area contributed by atoms with Crippen LogP contribution in [-0.2, 0) is 9.53 Å². The van der Waals surface area contributed by atoms with Crippen LogP contribution in [0.15, 0.2) is 0 Å². The standard InChI is InChI=1S/C11H22N2O2/c1-10(15-2)4-5-11(14)13-8-3-6-12-7-9-13/h10,12H,3-9H2,1-2H3. The lowest BCUT2D eigenvalue weighted by atomic mass is 10.2. The molecule has 0 aliphatic carbocycles. The SMILES string of the molecule is COC(C)CCC(=O)N1CCCNCC1. The molecular weight excluding hydrogens is 192 g/mol. The highest BCUT2D eigenvalue weighted by Gasteiger charge is 2.15. The number of amides is 1. The number of nitrogens with one attached hydrogen (secondary N) is 1. The molecule has 4 heteroatoms. The first-order valence-corrected chi connectivity index (χ1v) is 5.75. The summed E-state index contributed by atoms with van der Waals surface area (Å²) in [6.07, 6.45) is 2.67. The van der Waals surface area contributed by atoms with E-state index in [1.54, 1.807) is 7.11 Å². The van der Waals surface area contributed by atoms with Gasteiger partial charge in [0.15, 0.2) is 0 Å². The predicted molar refractivity (Wildman–Crippen MR) is 59.8 cm³/mol. The van der Waals surface area contributed by atoms with Gasteiger partial charge in [0, 0.05) is 33.2 Å². The number of hydrogen-bond donors (Lipinski definition) is 1. The van der Waals surface area contributed by atoms with Crippen molar-refractivity contribution in [3.05, 3.63) is 0 Å². The van der Waals surface area contributed by atoms with Crippen LogP contribution in [0, 0.1) is 0 Å². The van der Waals surface area contributed by atoms with Crippen molar-refractivity contribution in [1.82, 2.24) is 10.2 Å². The van der Waals surface area contributed by atoms with Crippen molar-refractivity contribution in [2.75, 3.05) is 33.3 Å². The summed E-state index contributed by atoms with van der Waals surface area (Å²) < 4.78 is 5.13. The molecule has 1 amide bonds. The van der Waals surface area contributed by atoms with Crippen LogP contribution >= 0.6 is 0 Å². The highest BCUT2D eigenvalue weighted by molar-refractivity contribution is 5.76. The second kappa shape index (κ2) is 6.80. The third kappa shape index (κ3) is 4.62. The van der Waals surface area contributed by atoms with Gasteiger partial charge in [-0.1, -0.05) is 0 Å². The molecule has 1 heterocycles. The molecule has 88 valence electrons. The first kappa shape index (κ1) is 12.5. The molecule has 1 saturated heterocycles. The van der Waals surface area contributed by atoms with Gasteiger partial charge < -0.3 is 15.0 Å². The Morgan fingerprint density at radius 1 is 1.47 bits per heavy atom. The summed E-state index contributed by atoms with van der Waals surface area (Å²) in [4.78, 5) is 13.8. The van der Waals surface area contributed by atoms with Crippen LogP contribution in [0.5, 0.6) is 0 Å². The first-order chi connectivity index (χ1) is 7.24. The maximum atomic E-state index is 11.8. The van der Waals surface area contributed by atoms with E-state index in [0.717, 1.165) is 39.0 Å². The predicted octanol–water partition coefficient (Wildman–Crippen LogP) is 0.623. The van der Waals surface area contributed by atoms with Gasteiger partial charge in [0.05, 0.1) is 6.10 Å². The highest BCUT2D eigenvalue weighted by atomic mass is 16.5. The molecule has 0 aromatic heterocycles. The molecule has 1 atom stereocenters. The number of methoxy groups -OCH3 is 1. The fraction of sp³-hybridized carbons (Fsp3) is 0.909. The molecular formula is C11H22N2O2. The van der Waals surface area contributed by atoms with Gasteiger partial charge in [0.1, 0.15) is 0 Å². The van der Waals surface area contributed by atoms with E-state index in [1.165, 1.54) is 0 Å². The number of nitrogens with zero attached hydrogens (tertiary/aromatic N) is 1. The lowest BCUT2D eigenvalue weighted by Gasteiger charge is -2.20. The lowest BCUT2D eigenvalue weighted by molar-refractivity contribution is -0.131. The summed E-state index contributed by atoms with van der Waals surface area (Å²) in [7, 11) is 1.69. The van der Waals surface area contributed by atoms with E-state index in [9.17, 15) is 4.79 Å². The molecule has 0 saturated carbocycles. The Labute approximate surface area is 92.0 Å². The van der Waals surface area contributed by atoms with Crippen molar-refractivity contribution in [1.29, 1.82) is 0 Å². The zero-order valence-corrected chi connectivity index (χ0v) is 9.79. The van der Waals surface area contributed by atoms with Crippen LogP contribution in [0.25, 0.3) is 0 Å². The summed E-state index contributed by atoms with van der Waals surface area (Å²) in [5.41, 5.74) is 0. The molecule has 0 aromatic carbocycles. The molecule has 1 aliphatic rings. The van der Waals surface area contributed by atoms with Gasteiger partial charge in [0.2, 0.25) is 5.91 Å². The fourth-order valence-corrected chi connectivity index (χ4v) is 1.70. The van der Waals surface area contributed by atoms with Crippen molar-refractivity contribution in [2.45, 2.75) is 32.3 Å². The van der Waals surface area contributed by atoms with Gasteiger partial charge in [-0.3, -0.25) is 4.79 Å². The van der Waals surface area contributed by atoms with Gasteiger partial charge in [-0.15, -0.1) is 0 Å². The first-order valence-electron chi connectivity index (χ1n) is 5.75. The molecule has 1 rings (SSSR count). The molecule has 0 radical (unpaired) electrons. The molecule has 4 nitrogen and oxygen atoms in total. The molecule has 1 aliphatic heterocycles. The van der Waals surface area contributed by atoms with Crippen LogP contribution in [0.3, 0.4) is 0 Å². The zero-order valence-electron chi connectivity index (χ0n) is 9.79. The van der Waals surface area contributed by atoms with E-state index in [2.05, 4.69) is 5.32 Å². The molecule has 0 spiro atoms. The van der Waals surface area contributed by atoms with Crippen LogP contribution in [-0.4, -0.2) is 50.2 Å². The Balaban J connectivity index is 2.25. The maximum absolute atomic E-state index is 11.8. The Morgan fingerprint density at radius 2 is 2.27 bits per heavy atom. The summed E-state index contributed by atoms with van der Waals surface area (Å²) in [5, 5.41) is 3.29. The minimum Gasteiger partial charge on any atom is -0.382 e. The molecule has 15 heavy (non-hydrogen) atoms. The monoisotopic (exact) mass is 214 g/mol. The molecule has 1 fully saturated rings. The zero-order chi connectivity index (χ0) is 11.1. The smallest absolute Gasteiger partial charge is 0.222 e. The summed E-state index contributed by atoms with van der Waals surface area (Å²) in [6.45, 7) is 5.69. The van der Waals surface area contributed by atoms with Crippen LogP contribution in [0.2, 0.25) is 0 Å². The van der Waals surface area contributed by atoms with E-state index < -0.39 is 0 Å². The van der Waals surface area contributed by atoms with Gasteiger partial charge >= 0.3 is 0 Å². The van der Waals surface area contributed by atoms with E-state index in [4.69, 9.17) is 4.74 Å². The number of ether oxygens (including phenoxy) is 1. The number of carbonyl (C=O) groups is 1. The van der Waals surface area contributed by atoms with Crippen LogP contribution < -0.4 is 5.32 Å². The summed E-state index contributed by atoms with van der Waals surface area (Å²) in [6, 6.07) is 0. The number of rotatable bonds is 4. The van der Waals surface area contributed by atoms with Gasteiger partial charge in [-0.2, -0.15) is 0 Å². The van der Waals surface area contributed by atoms with E-state index in [0.29, 0.717) is 6.42 Å². The number of hydrogen-bond acceptors (Lipinski definition) is 3. The third-order valence-electron chi connectivity index (χ3n) is 2.86. The van der Waals surface area contributed by atoms with Gasteiger partial charge in [-0.25, -0.2) is 0 Å². The minimum atomic E-state index is 0.180. The largest absolute Gasteiger partial charge is 0.382 e.